The van der Waals surface area contributed by atoms with Gasteiger partial charge in [0, 0.05) is 18.7 Å². The first kappa shape index (κ1) is 31.4. The van der Waals surface area contributed by atoms with Gasteiger partial charge in [-0.3, -0.25) is 29.0 Å². The van der Waals surface area contributed by atoms with Crippen LogP contribution in [0.25, 0.3) is 0 Å². The van der Waals surface area contributed by atoms with Crippen molar-refractivity contribution in [3.63, 3.8) is 0 Å². The molecule has 0 aliphatic carbocycles. The van der Waals surface area contributed by atoms with Crippen molar-refractivity contribution < 1.29 is 39.0 Å². The minimum absolute atomic E-state index is 0.00885. The fourth-order valence-electron chi connectivity index (χ4n) is 2.62. The lowest BCUT2D eigenvalue weighted by Crippen LogP contribution is -2.57. The van der Waals surface area contributed by atoms with Gasteiger partial charge >= 0.3 is 11.9 Å². The number of amides is 4. The summed E-state index contributed by atoms with van der Waals surface area (Å²) < 4.78 is 0. The molecule has 4 atom stereocenters. The van der Waals surface area contributed by atoms with Crippen LogP contribution in [0.2, 0.25) is 0 Å². The number of nitrogens with zero attached hydrogens (tertiary/aromatic N) is 1. The Labute approximate surface area is 206 Å². The summed E-state index contributed by atoms with van der Waals surface area (Å²) in [6, 6.07) is -5.39. The molecule has 0 radical (unpaired) electrons. The summed E-state index contributed by atoms with van der Waals surface area (Å²) in [5, 5.41) is 24.8. The molecule has 0 fully saturated rings. The van der Waals surface area contributed by atoms with E-state index in [-0.39, 0.29) is 37.5 Å². The van der Waals surface area contributed by atoms with E-state index in [0.717, 1.165) is 0 Å². The van der Waals surface area contributed by atoms with Gasteiger partial charge in [0.25, 0.3) is 0 Å². The average molecular weight is 521 g/mol. The van der Waals surface area contributed by atoms with Crippen molar-refractivity contribution in [2.24, 2.45) is 27.9 Å². The lowest BCUT2D eigenvalue weighted by Gasteiger charge is -2.24. The molecule has 0 bridgehead atoms. The Morgan fingerprint density at radius 3 is 1.86 bits per heavy atom. The molecule has 0 saturated heterocycles. The van der Waals surface area contributed by atoms with Crippen LogP contribution in [0.3, 0.4) is 0 Å². The van der Waals surface area contributed by atoms with Crippen molar-refractivity contribution in [1.82, 2.24) is 16.0 Å². The van der Waals surface area contributed by atoms with Crippen molar-refractivity contribution >= 4 is 54.2 Å². The summed E-state index contributed by atoms with van der Waals surface area (Å²) in [4.78, 5) is 74.3. The molecule has 0 aromatic carbocycles. The number of carboxylic acids is 2. The van der Waals surface area contributed by atoms with Crippen LogP contribution in [-0.2, 0) is 28.8 Å². The van der Waals surface area contributed by atoms with Gasteiger partial charge in [-0.1, -0.05) is 0 Å². The fraction of sp³-hybridized carbons (Fsp3) is 0.611. The molecule has 16 nitrogen and oxygen atoms in total. The highest BCUT2D eigenvalue weighted by Crippen LogP contribution is 2.04. The number of thiol groups is 1. The van der Waals surface area contributed by atoms with E-state index in [2.05, 4.69) is 33.6 Å². The summed E-state index contributed by atoms with van der Waals surface area (Å²) in [6.45, 7) is 0.121. The Kier molecular flexibility index (Phi) is 14.4. The van der Waals surface area contributed by atoms with Gasteiger partial charge in [0.2, 0.25) is 23.6 Å². The van der Waals surface area contributed by atoms with Crippen molar-refractivity contribution in [1.29, 1.82) is 0 Å². The zero-order valence-electron chi connectivity index (χ0n) is 18.8. The zero-order valence-corrected chi connectivity index (χ0v) is 19.7. The lowest BCUT2D eigenvalue weighted by atomic mass is 10.1. The first-order valence-electron chi connectivity index (χ1n) is 10.3. The summed E-state index contributed by atoms with van der Waals surface area (Å²) in [7, 11) is 0. The van der Waals surface area contributed by atoms with Crippen LogP contribution < -0.4 is 38.9 Å². The predicted octanol–water partition coefficient (Wildman–Crippen LogP) is -4.42. The van der Waals surface area contributed by atoms with E-state index in [1.165, 1.54) is 0 Å². The quantitative estimate of drug-likeness (QED) is 0.0377. The molecule has 17 heteroatoms. The minimum atomic E-state index is -1.51. The molecule has 0 spiro atoms. The van der Waals surface area contributed by atoms with E-state index in [1.807, 2.05) is 0 Å². The van der Waals surface area contributed by atoms with Gasteiger partial charge in [-0.15, -0.1) is 0 Å². The molecule has 0 heterocycles. The number of aliphatic carboxylic acids is 2. The van der Waals surface area contributed by atoms with E-state index in [4.69, 9.17) is 28.0 Å². The SMILES string of the molecule is NC(=O)CC(N)C(=O)NC(CCCN=C(N)N)C(=O)NC(CS)C(=O)NC(CCC(=O)O)C(=O)O. The minimum Gasteiger partial charge on any atom is -0.481 e. The molecular weight excluding hydrogens is 488 g/mol. The molecule has 0 aliphatic heterocycles. The molecule has 0 aromatic heterocycles. The number of hydrogen-bond donors (Lipinski definition) is 10. The largest absolute Gasteiger partial charge is 0.481 e. The van der Waals surface area contributed by atoms with Crippen molar-refractivity contribution in [2.75, 3.05) is 12.3 Å². The second-order valence-electron chi connectivity index (χ2n) is 7.36. The monoisotopic (exact) mass is 520 g/mol. The third-order valence-electron chi connectivity index (χ3n) is 4.41. The number of primary amides is 1. The Morgan fingerprint density at radius 2 is 1.37 bits per heavy atom. The summed E-state index contributed by atoms with van der Waals surface area (Å²) in [5.41, 5.74) is 21.1. The Morgan fingerprint density at radius 1 is 0.829 bits per heavy atom. The van der Waals surface area contributed by atoms with E-state index < -0.39 is 72.6 Å². The van der Waals surface area contributed by atoms with Gasteiger partial charge in [0.05, 0.1) is 12.5 Å². The zero-order chi connectivity index (χ0) is 27.1. The van der Waals surface area contributed by atoms with E-state index in [1.54, 1.807) is 0 Å². The molecule has 198 valence electrons. The standard InChI is InChI=1S/C18H32N8O8S/c19-8(6-12(20)27)14(30)24-9(2-1-5-23-18(21)22)15(31)26-11(7-35)16(32)25-10(17(33)34)3-4-13(28)29/h8-11,35H,1-7,19H2,(H2,20,27)(H,24,30)(H,25,32)(H,26,31)(H,28,29)(H,33,34)(H4,21,22,23). The van der Waals surface area contributed by atoms with Crippen molar-refractivity contribution in [2.45, 2.75) is 56.3 Å². The van der Waals surface area contributed by atoms with Gasteiger partial charge < -0.3 is 49.1 Å². The average Bonchev–Trinajstić information content (AvgIpc) is 2.75. The first-order chi connectivity index (χ1) is 16.3. The maximum Gasteiger partial charge on any atom is 0.326 e. The van der Waals surface area contributed by atoms with Gasteiger partial charge in [0.15, 0.2) is 5.96 Å². The normalized spacial score (nSPS) is 13.9. The highest BCUT2D eigenvalue weighted by molar-refractivity contribution is 7.80. The molecule has 35 heavy (non-hydrogen) atoms. The number of nitrogens with one attached hydrogen (secondary N) is 3. The fourth-order valence-corrected chi connectivity index (χ4v) is 2.88. The Balaban J connectivity index is 5.38. The van der Waals surface area contributed by atoms with E-state index in [0.29, 0.717) is 0 Å². The first-order valence-corrected chi connectivity index (χ1v) is 11.0. The summed E-state index contributed by atoms with van der Waals surface area (Å²) in [5.74, 6) is -6.58. The van der Waals surface area contributed by atoms with Gasteiger partial charge in [-0.25, -0.2) is 4.79 Å². The molecule has 0 aromatic rings. The highest BCUT2D eigenvalue weighted by atomic mass is 32.1. The molecule has 0 aliphatic rings. The van der Waals surface area contributed by atoms with Crippen molar-refractivity contribution in [3.05, 3.63) is 0 Å². The van der Waals surface area contributed by atoms with Crippen LogP contribution in [0.5, 0.6) is 0 Å². The maximum absolute atomic E-state index is 12.8. The lowest BCUT2D eigenvalue weighted by molar-refractivity contribution is -0.143. The van der Waals surface area contributed by atoms with E-state index in [9.17, 15) is 33.9 Å². The number of guanidine groups is 1. The number of nitrogens with two attached hydrogens (primary N) is 4. The van der Waals surface area contributed by atoms with Crippen LogP contribution in [0.15, 0.2) is 4.99 Å². The maximum atomic E-state index is 12.8. The number of aliphatic imine (C=N–C) groups is 1. The molecular formula is C18H32N8O8S. The molecule has 0 saturated carbocycles. The Hall–Kier alpha value is -3.60. The number of carboxylic acid groups (broad SMARTS) is 2. The predicted molar refractivity (Wildman–Crippen MR) is 126 cm³/mol. The van der Waals surface area contributed by atoms with Crippen LogP contribution >= 0.6 is 12.6 Å². The molecule has 4 amide bonds. The second kappa shape index (κ2) is 16.1. The third kappa shape index (κ3) is 13.6. The summed E-state index contributed by atoms with van der Waals surface area (Å²) in [6.07, 6.45) is -1.12. The summed E-state index contributed by atoms with van der Waals surface area (Å²) >= 11 is 3.98. The number of hydrogen-bond acceptors (Lipinski definition) is 9. The van der Waals surface area contributed by atoms with Gasteiger partial charge in [-0.05, 0) is 19.3 Å². The Bertz CT molecular complexity index is 820. The molecule has 4 unspecified atom stereocenters. The van der Waals surface area contributed by atoms with Gasteiger partial charge in [0.1, 0.15) is 18.1 Å². The second-order valence-corrected chi connectivity index (χ2v) is 7.73. The molecule has 0 rings (SSSR count). The van der Waals surface area contributed by atoms with Crippen LogP contribution in [0.1, 0.15) is 32.1 Å². The van der Waals surface area contributed by atoms with Crippen LogP contribution in [0.4, 0.5) is 0 Å². The van der Waals surface area contributed by atoms with Crippen LogP contribution in [-0.4, -0.2) is 88.2 Å². The van der Waals surface area contributed by atoms with Gasteiger partial charge in [-0.2, -0.15) is 12.6 Å². The van der Waals surface area contributed by atoms with Crippen LogP contribution in [0, 0.1) is 0 Å². The number of carbonyl (C=O) groups is 6. The number of rotatable bonds is 17. The molecule has 13 N–H and O–H groups in total. The number of carbonyl (C=O) groups excluding carboxylic acids is 4. The smallest absolute Gasteiger partial charge is 0.326 e. The highest BCUT2D eigenvalue weighted by Gasteiger charge is 2.30. The van der Waals surface area contributed by atoms with E-state index >= 15 is 0 Å². The van der Waals surface area contributed by atoms with Crippen molar-refractivity contribution in [3.8, 4) is 0 Å². The topological polar surface area (TPSA) is 295 Å². The third-order valence-corrected chi connectivity index (χ3v) is 4.78.